The van der Waals surface area contributed by atoms with Crippen LogP contribution in [0.2, 0.25) is 0 Å². The first-order valence-electron chi connectivity index (χ1n) is 7.65. The molecule has 1 atom stereocenters. The molecule has 2 rings (SSSR count). The highest BCUT2D eigenvalue weighted by Crippen LogP contribution is 2.23. The van der Waals surface area contributed by atoms with Crippen LogP contribution in [0.25, 0.3) is 0 Å². The average molecular weight is 343 g/mol. The fourth-order valence-electron chi connectivity index (χ4n) is 2.60. The van der Waals surface area contributed by atoms with Gasteiger partial charge in [0.25, 0.3) is 5.91 Å². The molecule has 0 aromatic heterocycles. The number of rotatable bonds is 6. The Bertz CT molecular complexity index is 758. The van der Waals surface area contributed by atoms with Crippen LogP contribution in [0.3, 0.4) is 0 Å². The van der Waals surface area contributed by atoms with E-state index in [0.29, 0.717) is 5.56 Å². The third-order valence-electron chi connectivity index (χ3n) is 3.94. The van der Waals surface area contributed by atoms with Gasteiger partial charge in [-0.15, -0.1) is 11.8 Å². The van der Waals surface area contributed by atoms with Crippen molar-refractivity contribution in [3.8, 4) is 0 Å². The Balaban J connectivity index is 2.31. The zero-order valence-corrected chi connectivity index (χ0v) is 14.8. The van der Waals surface area contributed by atoms with Crippen molar-refractivity contribution in [2.75, 3.05) is 6.26 Å². The van der Waals surface area contributed by atoms with E-state index >= 15 is 0 Å². The van der Waals surface area contributed by atoms with E-state index in [-0.39, 0.29) is 12.3 Å². The topological polar surface area (TPSA) is 66.4 Å². The zero-order valence-electron chi connectivity index (χ0n) is 14.0. The predicted molar refractivity (Wildman–Crippen MR) is 96.6 cm³/mol. The third-order valence-corrected chi connectivity index (χ3v) is 4.66. The summed E-state index contributed by atoms with van der Waals surface area (Å²) in [6.45, 7) is 3.79. The molecule has 0 radical (unpaired) electrons. The second-order valence-electron chi connectivity index (χ2n) is 5.66. The van der Waals surface area contributed by atoms with Crippen LogP contribution in [0.4, 0.5) is 0 Å². The number of thioether (sulfide) groups is 1. The lowest BCUT2D eigenvalue weighted by atomic mass is 9.98. The quantitative estimate of drug-likeness (QED) is 0.779. The van der Waals surface area contributed by atoms with Gasteiger partial charge < -0.3 is 10.4 Å². The normalized spacial score (nSPS) is 11.8. The number of carboxylic acid groups (broad SMARTS) is 1. The molecule has 0 bridgehead atoms. The van der Waals surface area contributed by atoms with Gasteiger partial charge in [0.1, 0.15) is 0 Å². The standard InChI is InChI=1S/C19H21NO3S/c1-12-6-4-5-7-15(12)17(11-18(21)22)20-19(23)16-10-14(24-3)9-8-13(16)2/h4-10,17H,11H2,1-3H3,(H,20,23)(H,21,22). The second kappa shape index (κ2) is 8.02. The Kier molecular flexibility index (Phi) is 6.04. The molecule has 0 aliphatic heterocycles. The molecule has 5 heteroatoms. The fourth-order valence-corrected chi connectivity index (χ4v) is 3.04. The summed E-state index contributed by atoms with van der Waals surface area (Å²) < 4.78 is 0. The molecule has 4 nitrogen and oxygen atoms in total. The number of carbonyl (C=O) groups excluding carboxylic acids is 1. The molecule has 2 aromatic carbocycles. The third kappa shape index (κ3) is 4.38. The van der Waals surface area contributed by atoms with Crippen molar-refractivity contribution in [2.45, 2.75) is 31.2 Å². The Morgan fingerprint density at radius 1 is 1.12 bits per heavy atom. The highest BCUT2D eigenvalue weighted by Gasteiger charge is 2.21. The molecule has 0 aliphatic rings. The number of carboxylic acids is 1. The van der Waals surface area contributed by atoms with Gasteiger partial charge in [0, 0.05) is 10.5 Å². The number of hydrogen-bond acceptors (Lipinski definition) is 3. The monoisotopic (exact) mass is 343 g/mol. The smallest absolute Gasteiger partial charge is 0.305 e. The van der Waals surface area contributed by atoms with E-state index in [9.17, 15) is 14.7 Å². The van der Waals surface area contributed by atoms with Crippen LogP contribution in [0.5, 0.6) is 0 Å². The highest BCUT2D eigenvalue weighted by molar-refractivity contribution is 7.98. The van der Waals surface area contributed by atoms with Crippen LogP contribution in [0, 0.1) is 13.8 Å². The van der Waals surface area contributed by atoms with E-state index in [1.807, 2.05) is 62.6 Å². The maximum Gasteiger partial charge on any atom is 0.305 e. The van der Waals surface area contributed by atoms with Gasteiger partial charge in [-0.3, -0.25) is 9.59 Å². The van der Waals surface area contributed by atoms with E-state index < -0.39 is 12.0 Å². The van der Waals surface area contributed by atoms with Gasteiger partial charge in [0.15, 0.2) is 0 Å². The number of hydrogen-bond donors (Lipinski definition) is 2. The van der Waals surface area contributed by atoms with Crippen LogP contribution in [0.15, 0.2) is 47.4 Å². The van der Waals surface area contributed by atoms with E-state index in [4.69, 9.17) is 0 Å². The molecule has 0 heterocycles. The minimum Gasteiger partial charge on any atom is -0.481 e. The summed E-state index contributed by atoms with van der Waals surface area (Å²) in [4.78, 5) is 24.9. The Morgan fingerprint density at radius 2 is 1.83 bits per heavy atom. The van der Waals surface area contributed by atoms with Gasteiger partial charge in [-0.25, -0.2) is 0 Å². The lowest BCUT2D eigenvalue weighted by Gasteiger charge is -2.20. The maximum absolute atomic E-state index is 12.7. The molecule has 0 aliphatic carbocycles. The van der Waals surface area contributed by atoms with Crippen molar-refractivity contribution in [1.82, 2.24) is 5.32 Å². The molecule has 0 saturated carbocycles. The Morgan fingerprint density at radius 3 is 2.46 bits per heavy atom. The Labute approximate surface area is 146 Å². The molecule has 0 saturated heterocycles. The first-order chi connectivity index (χ1) is 11.4. The number of nitrogens with one attached hydrogen (secondary N) is 1. The summed E-state index contributed by atoms with van der Waals surface area (Å²) in [5.74, 6) is -1.20. The molecule has 1 unspecified atom stereocenters. The highest BCUT2D eigenvalue weighted by atomic mass is 32.2. The van der Waals surface area contributed by atoms with Crippen LogP contribution >= 0.6 is 11.8 Å². The molecule has 0 fully saturated rings. The van der Waals surface area contributed by atoms with E-state index in [0.717, 1.165) is 21.6 Å². The molecule has 0 spiro atoms. The second-order valence-corrected chi connectivity index (χ2v) is 6.54. The van der Waals surface area contributed by atoms with Crippen LogP contribution in [0.1, 0.15) is 39.5 Å². The van der Waals surface area contributed by atoms with Crippen molar-refractivity contribution in [3.05, 3.63) is 64.7 Å². The molecule has 24 heavy (non-hydrogen) atoms. The predicted octanol–water partition coefficient (Wildman–Crippen LogP) is 3.97. The lowest BCUT2D eigenvalue weighted by molar-refractivity contribution is -0.137. The van der Waals surface area contributed by atoms with Gasteiger partial charge in [-0.05, 0) is 48.9 Å². The van der Waals surface area contributed by atoms with Gasteiger partial charge in [0.2, 0.25) is 0 Å². The zero-order chi connectivity index (χ0) is 17.7. The number of benzene rings is 2. The van der Waals surface area contributed by atoms with Gasteiger partial charge in [-0.1, -0.05) is 30.3 Å². The largest absolute Gasteiger partial charge is 0.481 e. The van der Waals surface area contributed by atoms with Crippen LogP contribution < -0.4 is 5.32 Å². The van der Waals surface area contributed by atoms with Gasteiger partial charge in [-0.2, -0.15) is 0 Å². The summed E-state index contributed by atoms with van der Waals surface area (Å²) in [5.41, 5.74) is 3.22. The van der Waals surface area contributed by atoms with Crippen LogP contribution in [-0.2, 0) is 4.79 Å². The minimum atomic E-state index is -0.946. The van der Waals surface area contributed by atoms with E-state index in [1.54, 1.807) is 11.8 Å². The Hall–Kier alpha value is -2.27. The maximum atomic E-state index is 12.7. The molecule has 1 amide bonds. The van der Waals surface area contributed by atoms with E-state index in [2.05, 4.69) is 5.32 Å². The first-order valence-corrected chi connectivity index (χ1v) is 8.87. The van der Waals surface area contributed by atoms with Gasteiger partial charge >= 0.3 is 5.97 Å². The van der Waals surface area contributed by atoms with Crippen molar-refractivity contribution < 1.29 is 14.7 Å². The van der Waals surface area contributed by atoms with Crippen molar-refractivity contribution in [3.63, 3.8) is 0 Å². The molecular formula is C19H21NO3S. The van der Waals surface area contributed by atoms with E-state index in [1.165, 1.54) is 0 Å². The van der Waals surface area contributed by atoms with Crippen molar-refractivity contribution in [2.24, 2.45) is 0 Å². The number of aryl methyl sites for hydroxylation is 2. The summed E-state index contributed by atoms with van der Waals surface area (Å²) in [7, 11) is 0. The lowest BCUT2D eigenvalue weighted by Crippen LogP contribution is -2.31. The number of aliphatic carboxylic acids is 1. The number of amides is 1. The van der Waals surface area contributed by atoms with Crippen molar-refractivity contribution >= 4 is 23.6 Å². The average Bonchev–Trinajstić information content (AvgIpc) is 2.54. The van der Waals surface area contributed by atoms with Crippen LogP contribution in [-0.4, -0.2) is 23.2 Å². The van der Waals surface area contributed by atoms with Crippen molar-refractivity contribution in [1.29, 1.82) is 0 Å². The van der Waals surface area contributed by atoms with Gasteiger partial charge in [0.05, 0.1) is 12.5 Å². The molecule has 2 aromatic rings. The summed E-state index contributed by atoms with van der Waals surface area (Å²) in [6, 6.07) is 12.7. The summed E-state index contributed by atoms with van der Waals surface area (Å²) >= 11 is 1.56. The molecular weight excluding hydrogens is 322 g/mol. The minimum absolute atomic E-state index is 0.155. The fraction of sp³-hybridized carbons (Fsp3) is 0.263. The molecule has 2 N–H and O–H groups in total. The summed E-state index contributed by atoms with van der Waals surface area (Å²) in [5, 5.41) is 12.1. The first kappa shape index (κ1) is 18.1. The number of carbonyl (C=O) groups is 2. The summed E-state index contributed by atoms with van der Waals surface area (Å²) in [6.07, 6.45) is 1.80. The SMILES string of the molecule is CSc1ccc(C)c(C(=O)NC(CC(=O)O)c2ccccc2C)c1. The molecule has 126 valence electrons.